The smallest absolute Gasteiger partial charge is 0.305 e. The quantitative estimate of drug-likeness (QED) is 0.635. The summed E-state index contributed by atoms with van der Waals surface area (Å²) < 4.78 is 30.6. The molecule has 0 bridgehead atoms. The van der Waals surface area contributed by atoms with Crippen LogP contribution in [0.4, 0.5) is 0 Å². The first kappa shape index (κ1) is 20.0. The molecule has 3 rings (SSSR count). The Hall–Kier alpha value is -2.71. The Labute approximate surface area is 163 Å². The van der Waals surface area contributed by atoms with Crippen molar-refractivity contribution in [1.82, 2.24) is 13.9 Å². The van der Waals surface area contributed by atoms with Crippen molar-refractivity contribution in [3.63, 3.8) is 0 Å². The Morgan fingerprint density at radius 3 is 2.18 bits per heavy atom. The van der Waals surface area contributed by atoms with E-state index < -0.39 is 21.1 Å². The zero-order valence-electron chi connectivity index (χ0n) is 16.0. The van der Waals surface area contributed by atoms with E-state index in [1.54, 1.807) is 6.07 Å². The van der Waals surface area contributed by atoms with E-state index >= 15 is 0 Å². The molecule has 1 atom stereocenters. The van der Waals surface area contributed by atoms with Crippen LogP contribution in [0.5, 0.6) is 0 Å². The maximum atomic E-state index is 12.8. The lowest BCUT2D eigenvalue weighted by atomic mass is 10.1. The predicted octanol–water partition coefficient (Wildman–Crippen LogP) is 1.54. The van der Waals surface area contributed by atoms with Crippen LogP contribution in [0.3, 0.4) is 0 Å². The summed E-state index contributed by atoms with van der Waals surface area (Å²) in [5.74, 6) is 0. The minimum atomic E-state index is -3.76. The Kier molecular flexibility index (Phi) is 5.53. The van der Waals surface area contributed by atoms with E-state index in [1.165, 1.54) is 35.4 Å². The van der Waals surface area contributed by atoms with Crippen molar-refractivity contribution in [3.8, 4) is 0 Å². The normalized spacial score (nSPS) is 13.0. The third-order valence-corrected chi connectivity index (χ3v) is 6.42. The molecule has 8 heteroatoms. The molecule has 28 heavy (non-hydrogen) atoms. The van der Waals surface area contributed by atoms with Crippen molar-refractivity contribution in [2.24, 2.45) is 14.1 Å². The average Bonchev–Trinajstić information content (AvgIpc) is 2.69. The van der Waals surface area contributed by atoms with Crippen LogP contribution in [-0.4, -0.2) is 23.6 Å². The number of sulfonamides is 1. The zero-order chi connectivity index (χ0) is 20.5. The molecule has 1 unspecified atom stereocenters. The Balaban J connectivity index is 1.86. The maximum Gasteiger partial charge on any atom is 0.316 e. The van der Waals surface area contributed by atoms with Crippen LogP contribution >= 0.6 is 0 Å². The van der Waals surface area contributed by atoms with Gasteiger partial charge in [-0.1, -0.05) is 30.3 Å². The van der Waals surface area contributed by atoms with Crippen molar-refractivity contribution < 1.29 is 8.42 Å². The number of aromatic nitrogens is 2. The molecular formula is C20H23N3O4S. The number of nitrogens with one attached hydrogen (secondary N) is 1. The standard InChI is InChI=1S/C20H23N3O4S/c1-14(9-10-15-7-5-4-6-8-15)21-28(26,27)16-11-12-17-18(13-16)23(3)20(25)19(24)22(17)2/h4-8,11-14,21H,9-10H2,1-3H3. The lowest BCUT2D eigenvalue weighted by Crippen LogP contribution is -2.39. The summed E-state index contributed by atoms with van der Waals surface area (Å²) in [6, 6.07) is 14.0. The van der Waals surface area contributed by atoms with E-state index in [4.69, 9.17) is 0 Å². The summed E-state index contributed by atoms with van der Waals surface area (Å²) in [4.78, 5) is 24.0. The molecule has 0 saturated heterocycles. The monoisotopic (exact) mass is 401 g/mol. The van der Waals surface area contributed by atoms with Crippen LogP contribution in [0.1, 0.15) is 18.9 Å². The summed E-state index contributed by atoms with van der Waals surface area (Å²) in [6.45, 7) is 1.82. The van der Waals surface area contributed by atoms with E-state index in [0.717, 1.165) is 12.0 Å². The Morgan fingerprint density at radius 1 is 0.929 bits per heavy atom. The highest BCUT2D eigenvalue weighted by Crippen LogP contribution is 2.17. The highest BCUT2D eigenvalue weighted by Gasteiger charge is 2.19. The van der Waals surface area contributed by atoms with Crippen molar-refractivity contribution in [2.45, 2.75) is 30.7 Å². The molecule has 3 aromatic rings. The van der Waals surface area contributed by atoms with Gasteiger partial charge in [-0.15, -0.1) is 0 Å². The summed E-state index contributed by atoms with van der Waals surface area (Å²) in [6.07, 6.45) is 1.42. The van der Waals surface area contributed by atoms with Crippen LogP contribution in [-0.2, 0) is 30.5 Å². The zero-order valence-corrected chi connectivity index (χ0v) is 16.9. The van der Waals surface area contributed by atoms with Gasteiger partial charge in [-0.25, -0.2) is 13.1 Å². The van der Waals surface area contributed by atoms with Gasteiger partial charge in [0.05, 0.1) is 15.9 Å². The molecule has 0 radical (unpaired) electrons. The minimum Gasteiger partial charge on any atom is -0.305 e. The predicted molar refractivity (Wildman–Crippen MR) is 109 cm³/mol. The van der Waals surface area contributed by atoms with Crippen molar-refractivity contribution in [3.05, 3.63) is 74.8 Å². The Bertz CT molecular complexity index is 1230. The molecule has 148 valence electrons. The van der Waals surface area contributed by atoms with Gasteiger partial charge in [-0.3, -0.25) is 9.59 Å². The van der Waals surface area contributed by atoms with Gasteiger partial charge in [0, 0.05) is 20.1 Å². The first-order valence-corrected chi connectivity index (χ1v) is 10.4. The molecule has 0 amide bonds. The Morgan fingerprint density at radius 2 is 1.54 bits per heavy atom. The highest BCUT2D eigenvalue weighted by atomic mass is 32.2. The van der Waals surface area contributed by atoms with Gasteiger partial charge in [0.25, 0.3) is 0 Å². The van der Waals surface area contributed by atoms with Gasteiger partial charge in [-0.2, -0.15) is 0 Å². The summed E-state index contributed by atoms with van der Waals surface area (Å²) in [5, 5.41) is 0. The molecule has 0 aliphatic carbocycles. The molecule has 1 aromatic heterocycles. The number of aryl methyl sites for hydroxylation is 3. The second-order valence-electron chi connectivity index (χ2n) is 6.93. The molecule has 0 spiro atoms. The number of fused-ring (bicyclic) bond motifs is 1. The molecule has 0 saturated carbocycles. The van der Waals surface area contributed by atoms with E-state index in [0.29, 0.717) is 17.5 Å². The van der Waals surface area contributed by atoms with Gasteiger partial charge >= 0.3 is 11.1 Å². The van der Waals surface area contributed by atoms with Crippen LogP contribution in [0.15, 0.2) is 63.0 Å². The van der Waals surface area contributed by atoms with Crippen molar-refractivity contribution >= 4 is 21.1 Å². The van der Waals surface area contributed by atoms with Crippen LogP contribution in [0.25, 0.3) is 11.0 Å². The van der Waals surface area contributed by atoms with Gasteiger partial charge < -0.3 is 9.13 Å². The molecule has 1 heterocycles. The number of hydrogen-bond donors (Lipinski definition) is 1. The summed E-state index contributed by atoms with van der Waals surface area (Å²) >= 11 is 0. The molecule has 0 aliphatic heterocycles. The number of hydrogen-bond acceptors (Lipinski definition) is 4. The molecular weight excluding hydrogens is 378 g/mol. The van der Waals surface area contributed by atoms with Gasteiger partial charge in [0.1, 0.15) is 0 Å². The van der Waals surface area contributed by atoms with Crippen LogP contribution in [0, 0.1) is 0 Å². The average molecular weight is 401 g/mol. The first-order valence-electron chi connectivity index (χ1n) is 8.97. The van der Waals surface area contributed by atoms with E-state index in [-0.39, 0.29) is 10.9 Å². The summed E-state index contributed by atoms with van der Waals surface area (Å²) in [5.41, 5.74) is 0.664. The fourth-order valence-corrected chi connectivity index (χ4v) is 4.45. The van der Waals surface area contributed by atoms with E-state index in [9.17, 15) is 18.0 Å². The number of benzene rings is 2. The van der Waals surface area contributed by atoms with Crippen LogP contribution in [0.2, 0.25) is 0 Å². The molecule has 1 N–H and O–H groups in total. The van der Waals surface area contributed by atoms with Crippen molar-refractivity contribution in [1.29, 1.82) is 0 Å². The van der Waals surface area contributed by atoms with Crippen molar-refractivity contribution in [2.75, 3.05) is 0 Å². The largest absolute Gasteiger partial charge is 0.316 e. The summed E-state index contributed by atoms with van der Waals surface area (Å²) in [7, 11) is -0.814. The first-order chi connectivity index (χ1) is 13.2. The van der Waals surface area contributed by atoms with Gasteiger partial charge in [0.2, 0.25) is 10.0 Å². The lowest BCUT2D eigenvalue weighted by molar-refractivity contribution is 0.547. The fourth-order valence-electron chi connectivity index (χ4n) is 3.15. The topological polar surface area (TPSA) is 90.2 Å². The SMILES string of the molecule is CC(CCc1ccccc1)NS(=O)(=O)c1ccc2c(c1)n(C)c(=O)c(=O)n2C. The van der Waals surface area contributed by atoms with Gasteiger partial charge in [0.15, 0.2) is 0 Å². The van der Waals surface area contributed by atoms with E-state index in [1.807, 2.05) is 37.3 Å². The molecule has 0 fully saturated rings. The second kappa shape index (κ2) is 7.73. The number of rotatable bonds is 6. The highest BCUT2D eigenvalue weighted by molar-refractivity contribution is 7.89. The minimum absolute atomic E-state index is 0.0558. The maximum absolute atomic E-state index is 12.8. The van der Waals surface area contributed by atoms with Crippen LogP contribution < -0.4 is 15.8 Å². The molecule has 7 nitrogen and oxygen atoms in total. The third-order valence-electron chi connectivity index (χ3n) is 4.84. The third kappa shape index (κ3) is 3.93. The molecule has 0 aliphatic rings. The van der Waals surface area contributed by atoms with E-state index in [2.05, 4.69) is 4.72 Å². The second-order valence-corrected chi connectivity index (χ2v) is 8.64. The van der Waals surface area contributed by atoms with Gasteiger partial charge in [-0.05, 0) is 43.5 Å². The fraction of sp³-hybridized carbons (Fsp3) is 0.300. The lowest BCUT2D eigenvalue weighted by Gasteiger charge is -2.15. The number of nitrogens with zero attached hydrogens (tertiary/aromatic N) is 2. The molecule has 2 aromatic carbocycles.